The summed E-state index contributed by atoms with van der Waals surface area (Å²) in [7, 11) is 0. The van der Waals surface area contributed by atoms with Gasteiger partial charge < -0.3 is 15.4 Å². The molecule has 2 aromatic rings. The Kier molecular flexibility index (Phi) is 4.31. The molecule has 0 saturated carbocycles. The third-order valence-electron chi connectivity index (χ3n) is 3.92. The zero-order chi connectivity index (χ0) is 15.6. The summed E-state index contributed by atoms with van der Waals surface area (Å²) in [5, 5.41) is 12.7. The molecule has 0 aliphatic carbocycles. The fourth-order valence-corrected chi connectivity index (χ4v) is 2.33. The number of aryl methyl sites for hydroxylation is 2. The molecule has 1 amide bonds. The first-order chi connectivity index (χ1) is 9.93. The van der Waals surface area contributed by atoms with Gasteiger partial charge in [-0.15, -0.1) is 0 Å². The van der Waals surface area contributed by atoms with Gasteiger partial charge in [0.25, 0.3) is 5.91 Å². The number of carboxylic acids is 1. The summed E-state index contributed by atoms with van der Waals surface area (Å²) in [5.74, 6) is -1.67. The van der Waals surface area contributed by atoms with E-state index in [1.807, 2.05) is 26.0 Å². The molecule has 0 fully saturated rings. The molecule has 0 saturated heterocycles. The fourth-order valence-electron chi connectivity index (χ4n) is 2.33. The Balaban J connectivity index is 2.16. The Morgan fingerprint density at radius 2 is 2.05 bits per heavy atom. The minimum atomic E-state index is -0.884. The molecule has 5 heteroatoms. The normalized spacial score (nSPS) is 12.3. The van der Waals surface area contributed by atoms with Gasteiger partial charge in [0.15, 0.2) is 0 Å². The fraction of sp³-hybridized carbons (Fsp3) is 0.375. The summed E-state index contributed by atoms with van der Waals surface area (Å²) in [6, 6.07) is 5.46. The largest absolute Gasteiger partial charge is 0.481 e. The lowest BCUT2D eigenvalue weighted by Gasteiger charge is -2.11. The predicted octanol–water partition coefficient (Wildman–Crippen LogP) is 2.63. The standard InChI is InChI=1S/C16H20N2O3/c1-4-11(16(20)21)8-17-15(19)12-5-6-14-13(7-12)9(2)10(3)18-14/h5-7,11,18H,4,8H2,1-3H3,(H,17,19)(H,20,21). The lowest BCUT2D eigenvalue weighted by molar-refractivity contribution is -0.141. The number of aromatic nitrogens is 1. The molecule has 1 atom stereocenters. The summed E-state index contributed by atoms with van der Waals surface area (Å²) in [6.07, 6.45) is 0.491. The van der Waals surface area contributed by atoms with E-state index in [0.717, 1.165) is 22.2 Å². The maximum absolute atomic E-state index is 12.1. The molecule has 2 rings (SSSR count). The smallest absolute Gasteiger partial charge is 0.308 e. The second-order valence-electron chi connectivity index (χ2n) is 5.29. The third kappa shape index (κ3) is 3.07. The molecule has 0 aliphatic rings. The highest BCUT2D eigenvalue weighted by molar-refractivity contribution is 5.99. The number of aliphatic carboxylic acids is 1. The van der Waals surface area contributed by atoms with Crippen molar-refractivity contribution in [1.82, 2.24) is 10.3 Å². The number of carbonyl (C=O) groups excluding carboxylic acids is 1. The van der Waals surface area contributed by atoms with E-state index in [1.165, 1.54) is 0 Å². The third-order valence-corrected chi connectivity index (χ3v) is 3.92. The Bertz CT molecular complexity index is 688. The highest BCUT2D eigenvalue weighted by Crippen LogP contribution is 2.22. The van der Waals surface area contributed by atoms with Crippen LogP contribution in [0.4, 0.5) is 0 Å². The minimum absolute atomic E-state index is 0.147. The number of fused-ring (bicyclic) bond motifs is 1. The van der Waals surface area contributed by atoms with E-state index in [4.69, 9.17) is 5.11 Å². The summed E-state index contributed by atoms with van der Waals surface area (Å²) >= 11 is 0. The molecule has 0 aliphatic heterocycles. The van der Waals surface area contributed by atoms with Crippen molar-refractivity contribution < 1.29 is 14.7 Å². The second-order valence-corrected chi connectivity index (χ2v) is 5.29. The van der Waals surface area contributed by atoms with E-state index >= 15 is 0 Å². The van der Waals surface area contributed by atoms with Crippen LogP contribution in [0.2, 0.25) is 0 Å². The Labute approximate surface area is 123 Å². The van der Waals surface area contributed by atoms with Crippen LogP contribution in [0.25, 0.3) is 10.9 Å². The predicted molar refractivity (Wildman–Crippen MR) is 81.5 cm³/mol. The number of H-pyrrole nitrogens is 1. The summed E-state index contributed by atoms with van der Waals surface area (Å²) in [6.45, 7) is 5.94. The molecule has 3 N–H and O–H groups in total. The average molecular weight is 288 g/mol. The molecular formula is C16H20N2O3. The number of aromatic amines is 1. The summed E-state index contributed by atoms with van der Waals surface area (Å²) < 4.78 is 0. The van der Waals surface area contributed by atoms with Crippen LogP contribution in [0.5, 0.6) is 0 Å². The van der Waals surface area contributed by atoms with Gasteiger partial charge in [0.1, 0.15) is 0 Å². The van der Waals surface area contributed by atoms with Crippen molar-refractivity contribution in [3.8, 4) is 0 Å². The Hall–Kier alpha value is -2.30. The first-order valence-electron chi connectivity index (χ1n) is 7.04. The van der Waals surface area contributed by atoms with Gasteiger partial charge in [-0.3, -0.25) is 9.59 Å². The van der Waals surface area contributed by atoms with Crippen molar-refractivity contribution in [2.45, 2.75) is 27.2 Å². The van der Waals surface area contributed by atoms with Crippen LogP contribution < -0.4 is 5.32 Å². The first kappa shape index (κ1) is 15.1. The lowest BCUT2D eigenvalue weighted by atomic mass is 10.1. The number of benzene rings is 1. The monoisotopic (exact) mass is 288 g/mol. The lowest BCUT2D eigenvalue weighted by Crippen LogP contribution is -2.32. The second kappa shape index (κ2) is 5.99. The van der Waals surface area contributed by atoms with E-state index in [1.54, 1.807) is 13.0 Å². The van der Waals surface area contributed by atoms with Crippen LogP contribution in [0.15, 0.2) is 18.2 Å². The van der Waals surface area contributed by atoms with Crippen molar-refractivity contribution in [3.05, 3.63) is 35.0 Å². The van der Waals surface area contributed by atoms with E-state index < -0.39 is 11.9 Å². The van der Waals surface area contributed by atoms with Crippen LogP contribution in [-0.4, -0.2) is 28.5 Å². The van der Waals surface area contributed by atoms with E-state index in [0.29, 0.717) is 12.0 Å². The molecule has 1 heterocycles. The Morgan fingerprint density at radius 3 is 2.67 bits per heavy atom. The molecule has 1 aromatic heterocycles. The van der Waals surface area contributed by atoms with Gasteiger partial charge >= 0.3 is 5.97 Å². The summed E-state index contributed by atoms with van der Waals surface area (Å²) in [5.41, 5.74) is 3.75. The number of carboxylic acid groups (broad SMARTS) is 1. The molecular weight excluding hydrogens is 268 g/mol. The molecule has 0 bridgehead atoms. The van der Waals surface area contributed by atoms with Crippen LogP contribution in [-0.2, 0) is 4.79 Å². The topological polar surface area (TPSA) is 82.2 Å². The number of nitrogens with one attached hydrogen (secondary N) is 2. The number of rotatable bonds is 5. The van der Waals surface area contributed by atoms with Crippen molar-refractivity contribution in [2.75, 3.05) is 6.54 Å². The van der Waals surface area contributed by atoms with Crippen molar-refractivity contribution in [2.24, 2.45) is 5.92 Å². The zero-order valence-electron chi connectivity index (χ0n) is 12.5. The van der Waals surface area contributed by atoms with E-state index in [9.17, 15) is 9.59 Å². The van der Waals surface area contributed by atoms with Gasteiger partial charge in [-0.05, 0) is 44.0 Å². The zero-order valence-corrected chi connectivity index (χ0v) is 12.5. The molecule has 5 nitrogen and oxygen atoms in total. The van der Waals surface area contributed by atoms with Crippen LogP contribution >= 0.6 is 0 Å². The van der Waals surface area contributed by atoms with Gasteiger partial charge in [0, 0.05) is 28.7 Å². The molecule has 1 unspecified atom stereocenters. The molecule has 112 valence electrons. The maximum atomic E-state index is 12.1. The maximum Gasteiger partial charge on any atom is 0.308 e. The van der Waals surface area contributed by atoms with Crippen molar-refractivity contribution in [1.29, 1.82) is 0 Å². The van der Waals surface area contributed by atoms with Gasteiger partial charge in [0.05, 0.1) is 5.92 Å². The molecule has 1 aromatic carbocycles. The van der Waals surface area contributed by atoms with Gasteiger partial charge in [-0.1, -0.05) is 6.92 Å². The quantitative estimate of drug-likeness (QED) is 0.791. The Morgan fingerprint density at radius 1 is 1.33 bits per heavy atom. The highest BCUT2D eigenvalue weighted by Gasteiger charge is 2.17. The number of amides is 1. The number of hydrogen-bond donors (Lipinski definition) is 3. The molecule has 0 spiro atoms. The van der Waals surface area contributed by atoms with Gasteiger partial charge in [-0.25, -0.2) is 0 Å². The highest BCUT2D eigenvalue weighted by atomic mass is 16.4. The molecule has 0 radical (unpaired) electrons. The van der Waals surface area contributed by atoms with Gasteiger partial charge in [0.2, 0.25) is 0 Å². The van der Waals surface area contributed by atoms with Crippen LogP contribution in [0.1, 0.15) is 35.0 Å². The van der Waals surface area contributed by atoms with Crippen LogP contribution in [0.3, 0.4) is 0 Å². The summed E-state index contributed by atoms with van der Waals surface area (Å²) in [4.78, 5) is 26.3. The van der Waals surface area contributed by atoms with Crippen LogP contribution in [0, 0.1) is 19.8 Å². The molecule has 21 heavy (non-hydrogen) atoms. The first-order valence-corrected chi connectivity index (χ1v) is 7.04. The van der Waals surface area contributed by atoms with Crippen molar-refractivity contribution >= 4 is 22.8 Å². The minimum Gasteiger partial charge on any atom is -0.481 e. The SMILES string of the molecule is CCC(CNC(=O)c1ccc2[nH]c(C)c(C)c2c1)C(=O)O. The average Bonchev–Trinajstić information content (AvgIpc) is 2.74. The van der Waals surface area contributed by atoms with E-state index in [2.05, 4.69) is 10.3 Å². The van der Waals surface area contributed by atoms with Crippen molar-refractivity contribution in [3.63, 3.8) is 0 Å². The number of hydrogen-bond acceptors (Lipinski definition) is 2. The van der Waals surface area contributed by atoms with Gasteiger partial charge in [-0.2, -0.15) is 0 Å². The van der Waals surface area contributed by atoms with E-state index in [-0.39, 0.29) is 12.5 Å². The number of carbonyl (C=O) groups is 2.